The van der Waals surface area contributed by atoms with Gasteiger partial charge in [-0.05, 0) is 37.1 Å². The van der Waals surface area contributed by atoms with E-state index in [-0.39, 0.29) is 16.9 Å². The van der Waals surface area contributed by atoms with E-state index in [0.29, 0.717) is 5.56 Å². The molecule has 1 heterocycles. The molecular formula is C18H17NO2. The van der Waals surface area contributed by atoms with Crippen LogP contribution in [0.25, 0.3) is 6.08 Å². The van der Waals surface area contributed by atoms with Crippen molar-refractivity contribution >= 4 is 11.9 Å². The molecule has 0 saturated carbocycles. The standard InChI is InChI=1S/C18H17NO2/c1-13-12-14(2)19-18(21)17(13)16(20)11-7-6-10-15-8-4-3-5-9-15/h3-12H,1-2H3,(H,19,21)/b10-6+,11-7+. The number of benzene rings is 1. The second kappa shape index (κ2) is 6.66. The SMILES string of the molecule is Cc1cc(C)c(C(=O)/C=C/C=C/c2ccccc2)c(=O)[nH]1. The fourth-order valence-electron chi connectivity index (χ4n) is 2.12. The van der Waals surface area contributed by atoms with Gasteiger partial charge in [0.25, 0.3) is 5.56 Å². The zero-order valence-electron chi connectivity index (χ0n) is 12.1. The van der Waals surface area contributed by atoms with Crippen molar-refractivity contribution in [3.8, 4) is 0 Å². The van der Waals surface area contributed by atoms with Crippen LogP contribution in [0.15, 0.2) is 59.4 Å². The Labute approximate surface area is 123 Å². The van der Waals surface area contributed by atoms with Crippen LogP contribution < -0.4 is 5.56 Å². The van der Waals surface area contributed by atoms with Crippen molar-refractivity contribution < 1.29 is 4.79 Å². The van der Waals surface area contributed by atoms with E-state index in [1.54, 1.807) is 32.1 Å². The van der Waals surface area contributed by atoms with Gasteiger partial charge in [0.1, 0.15) is 0 Å². The van der Waals surface area contributed by atoms with Gasteiger partial charge < -0.3 is 4.98 Å². The van der Waals surface area contributed by atoms with E-state index in [2.05, 4.69) is 4.98 Å². The van der Waals surface area contributed by atoms with E-state index in [9.17, 15) is 9.59 Å². The van der Waals surface area contributed by atoms with Crippen LogP contribution >= 0.6 is 0 Å². The summed E-state index contributed by atoms with van der Waals surface area (Å²) in [5.41, 5.74) is 2.36. The maximum atomic E-state index is 12.1. The number of nitrogens with one attached hydrogen (secondary N) is 1. The van der Waals surface area contributed by atoms with Crippen LogP contribution in [0.5, 0.6) is 0 Å². The van der Waals surface area contributed by atoms with E-state index in [4.69, 9.17) is 0 Å². The Morgan fingerprint density at radius 1 is 1.10 bits per heavy atom. The molecule has 106 valence electrons. The molecular weight excluding hydrogens is 262 g/mol. The summed E-state index contributed by atoms with van der Waals surface area (Å²) in [6.07, 6.45) is 6.74. The molecule has 0 aliphatic heterocycles. The Morgan fingerprint density at radius 3 is 2.48 bits per heavy atom. The van der Waals surface area contributed by atoms with E-state index in [1.165, 1.54) is 6.08 Å². The third kappa shape index (κ3) is 3.89. The maximum Gasteiger partial charge on any atom is 0.259 e. The number of ketones is 1. The lowest BCUT2D eigenvalue weighted by Gasteiger charge is -2.01. The first-order valence-corrected chi connectivity index (χ1v) is 6.72. The van der Waals surface area contributed by atoms with E-state index in [0.717, 1.165) is 11.3 Å². The third-order valence-corrected chi connectivity index (χ3v) is 3.06. The minimum Gasteiger partial charge on any atom is -0.326 e. The lowest BCUT2D eigenvalue weighted by Crippen LogP contribution is -2.19. The summed E-state index contributed by atoms with van der Waals surface area (Å²) in [5, 5.41) is 0. The topological polar surface area (TPSA) is 49.9 Å². The molecule has 3 nitrogen and oxygen atoms in total. The van der Waals surface area contributed by atoms with Crippen LogP contribution in [-0.4, -0.2) is 10.8 Å². The Hall–Kier alpha value is -2.68. The number of hydrogen-bond donors (Lipinski definition) is 1. The number of aromatic nitrogens is 1. The fourth-order valence-corrected chi connectivity index (χ4v) is 2.12. The van der Waals surface area contributed by atoms with E-state index >= 15 is 0 Å². The summed E-state index contributed by atoms with van der Waals surface area (Å²) in [6.45, 7) is 3.56. The van der Waals surface area contributed by atoms with Crippen molar-refractivity contribution in [2.75, 3.05) is 0 Å². The maximum absolute atomic E-state index is 12.1. The number of H-pyrrole nitrogens is 1. The summed E-state index contributed by atoms with van der Waals surface area (Å²) in [4.78, 5) is 26.5. The van der Waals surface area contributed by atoms with Gasteiger partial charge in [0, 0.05) is 5.69 Å². The number of pyridine rings is 1. The second-order valence-corrected chi connectivity index (χ2v) is 4.83. The number of carbonyl (C=O) groups excluding carboxylic acids is 1. The Balaban J connectivity index is 2.14. The summed E-state index contributed by atoms with van der Waals surface area (Å²) >= 11 is 0. The molecule has 1 N–H and O–H groups in total. The average Bonchev–Trinajstić information content (AvgIpc) is 2.43. The number of aromatic amines is 1. The largest absolute Gasteiger partial charge is 0.326 e. The molecule has 0 atom stereocenters. The molecule has 0 amide bonds. The molecule has 0 spiro atoms. The van der Waals surface area contributed by atoms with Crippen LogP contribution in [0.1, 0.15) is 27.2 Å². The Kier molecular flexibility index (Phi) is 4.67. The first-order valence-electron chi connectivity index (χ1n) is 6.72. The van der Waals surface area contributed by atoms with Crippen molar-refractivity contribution in [1.29, 1.82) is 0 Å². The van der Waals surface area contributed by atoms with Gasteiger partial charge in [0.2, 0.25) is 0 Å². The predicted molar refractivity (Wildman–Crippen MR) is 85.5 cm³/mol. The Morgan fingerprint density at radius 2 is 1.81 bits per heavy atom. The molecule has 2 rings (SSSR count). The highest BCUT2D eigenvalue weighted by Gasteiger charge is 2.10. The normalized spacial score (nSPS) is 11.3. The quantitative estimate of drug-likeness (QED) is 0.529. The third-order valence-electron chi connectivity index (χ3n) is 3.06. The van der Waals surface area contributed by atoms with Gasteiger partial charge in [0.05, 0.1) is 5.56 Å². The number of rotatable bonds is 4. The summed E-state index contributed by atoms with van der Waals surface area (Å²) in [6, 6.07) is 11.6. The molecule has 0 radical (unpaired) electrons. The van der Waals surface area contributed by atoms with Gasteiger partial charge >= 0.3 is 0 Å². The van der Waals surface area contributed by atoms with Crippen molar-refractivity contribution in [1.82, 2.24) is 4.98 Å². The molecule has 3 heteroatoms. The number of aryl methyl sites for hydroxylation is 2. The average molecular weight is 279 g/mol. The zero-order chi connectivity index (χ0) is 15.2. The number of carbonyl (C=O) groups is 1. The monoisotopic (exact) mass is 279 g/mol. The molecule has 0 aliphatic carbocycles. The highest BCUT2D eigenvalue weighted by Crippen LogP contribution is 2.06. The fraction of sp³-hybridized carbons (Fsp3) is 0.111. The van der Waals surface area contributed by atoms with Gasteiger partial charge in [-0.25, -0.2) is 0 Å². The first kappa shape index (κ1) is 14.7. The molecule has 0 aliphatic rings. The van der Waals surface area contributed by atoms with Gasteiger partial charge in [-0.3, -0.25) is 9.59 Å². The van der Waals surface area contributed by atoms with Crippen molar-refractivity contribution in [2.45, 2.75) is 13.8 Å². The van der Waals surface area contributed by atoms with Gasteiger partial charge in [-0.15, -0.1) is 0 Å². The number of hydrogen-bond acceptors (Lipinski definition) is 2. The van der Waals surface area contributed by atoms with Crippen LogP contribution in [0.4, 0.5) is 0 Å². The number of allylic oxidation sites excluding steroid dienone is 3. The lowest BCUT2D eigenvalue weighted by atomic mass is 10.1. The van der Waals surface area contributed by atoms with Crippen molar-refractivity contribution in [3.05, 3.63) is 87.4 Å². The molecule has 0 unspecified atom stereocenters. The summed E-state index contributed by atoms with van der Waals surface area (Å²) in [7, 11) is 0. The lowest BCUT2D eigenvalue weighted by molar-refractivity contribution is 0.104. The van der Waals surface area contributed by atoms with E-state index < -0.39 is 0 Å². The minimum atomic E-state index is -0.339. The zero-order valence-corrected chi connectivity index (χ0v) is 12.1. The molecule has 0 saturated heterocycles. The van der Waals surface area contributed by atoms with Crippen LogP contribution in [0, 0.1) is 13.8 Å². The summed E-state index contributed by atoms with van der Waals surface area (Å²) in [5.74, 6) is -0.286. The van der Waals surface area contributed by atoms with Crippen LogP contribution in [0.2, 0.25) is 0 Å². The van der Waals surface area contributed by atoms with Gasteiger partial charge in [-0.2, -0.15) is 0 Å². The van der Waals surface area contributed by atoms with Crippen LogP contribution in [0.3, 0.4) is 0 Å². The second-order valence-electron chi connectivity index (χ2n) is 4.83. The molecule has 0 bridgehead atoms. The highest BCUT2D eigenvalue weighted by molar-refractivity contribution is 6.05. The van der Waals surface area contributed by atoms with Gasteiger partial charge in [-0.1, -0.05) is 48.6 Å². The van der Waals surface area contributed by atoms with Crippen molar-refractivity contribution in [2.24, 2.45) is 0 Å². The van der Waals surface area contributed by atoms with Crippen LogP contribution in [-0.2, 0) is 0 Å². The highest BCUT2D eigenvalue weighted by atomic mass is 16.1. The predicted octanol–water partition coefficient (Wildman–Crippen LogP) is 3.44. The first-order chi connectivity index (χ1) is 10.1. The molecule has 1 aromatic heterocycles. The van der Waals surface area contributed by atoms with Gasteiger partial charge in [0.15, 0.2) is 5.78 Å². The smallest absolute Gasteiger partial charge is 0.259 e. The minimum absolute atomic E-state index is 0.199. The molecule has 2 aromatic rings. The van der Waals surface area contributed by atoms with E-state index in [1.807, 2.05) is 36.4 Å². The molecule has 0 fully saturated rings. The molecule has 21 heavy (non-hydrogen) atoms. The Bertz CT molecular complexity index is 753. The summed E-state index contributed by atoms with van der Waals surface area (Å²) < 4.78 is 0. The van der Waals surface area contributed by atoms with Crippen molar-refractivity contribution in [3.63, 3.8) is 0 Å². The molecule has 1 aromatic carbocycles.